The van der Waals surface area contributed by atoms with Crippen molar-refractivity contribution in [2.45, 2.75) is 6.18 Å². The van der Waals surface area contributed by atoms with Crippen LogP contribution in [0.5, 0.6) is 0 Å². The monoisotopic (exact) mass is 218 g/mol. The lowest BCUT2D eigenvalue weighted by Gasteiger charge is -2.04. The quantitative estimate of drug-likeness (QED) is 0.630. The van der Waals surface area contributed by atoms with Gasteiger partial charge in [0.25, 0.3) is 0 Å². The molecule has 0 heterocycles. The van der Waals surface area contributed by atoms with E-state index in [9.17, 15) is 18.0 Å². The SMILES string of the molecule is C=C(C(=O)OBr)C(F)(F)F. The molecule has 0 spiro atoms. The lowest BCUT2D eigenvalue weighted by molar-refractivity contribution is -0.140. The summed E-state index contributed by atoms with van der Waals surface area (Å²) >= 11 is 2.10. The molecule has 6 heteroatoms. The molecule has 0 unspecified atom stereocenters. The van der Waals surface area contributed by atoms with Crippen LogP contribution in [0.2, 0.25) is 0 Å². The van der Waals surface area contributed by atoms with Crippen LogP contribution >= 0.6 is 16.3 Å². The van der Waals surface area contributed by atoms with Crippen LogP contribution in [0.3, 0.4) is 0 Å². The predicted molar refractivity (Wildman–Crippen MR) is 30.2 cm³/mol. The molecular weight excluding hydrogens is 217 g/mol. The van der Waals surface area contributed by atoms with Gasteiger partial charge in [-0.3, -0.25) is 0 Å². The summed E-state index contributed by atoms with van der Waals surface area (Å²) in [6.45, 7) is 2.47. The largest absolute Gasteiger partial charge is 0.422 e. The average Bonchev–Trinajstić information content (AvgIpc) is 1.83. The van der Waals surface area contributed by atoms with Crippen LogP contribution in [0, 0.1) is 0 Å². The molecule has 0 saturated heterocycles. The summed E-state index contributed by atoms with van der Waals surface area (Å²) in [5.74, 6) is -1.53. The second-order valence-corrected chi connectivity index (χ2v) is 1.66. The Morgan fingerprint density at radius 3 is 2.00 bits per heavy atom. The molecule has 0 amide bonds. The van der Waals surface area contributed by atoms with E-state index in [0.717, 1.165) is 0 Å². The zero-order valence-corrected chi connectivity index (χ0v) is 6.12. The Kier molecular flexibility index (Phi) is 2.89. The fourth-order valence-corrected chi connectivity index (χ4v) is 0.358. The molecule has 0 bridgehead atoms. The molecule has 0 aliphatic heterocycles. The van der Waals surface area contributed by atoms with Gasteiger partial charge in [0.15, 0.2) is 16.3 Å². The maximum Gasteiger partial charge on any atom is 0.422 e. The van der Waals surface area contributed by atoms with E-state index in [1.54, 1.807) is 0 Å². The van der Waals surface area contributed by atoms with Crippen molar-refractivity contribution in [1.82, 2.24) is 0 Å². The second kappa shape index (κ2) is 3.05. The lowest BCUT2D eigenvalue weighted by Crippen LogP contribution is -2.18. The van der Waals surface area contributed by atoms with Gasteiger partial charge in [-0.15, -0.1) is 0 Å². The fraction of sp³-hybridized carbons (Fsp3) is 0.250. The third kappa shape index (κ3) is 2.38. The molecule has 0 aromatic carbocycles. The fourth-order valence-electron chi connectivity index (χ4n) is 0.162. The number of hydrogen-bond acceptors (Lipinski definition) is 2. The number of carbonyl (C=O) groups is 1. The first-order valence-electron chi connectivity index (χ1n) is 1.98. The van der Waals surface area contributed by atoms with Gasteiger partial charge < -0.3 is 3.83 Å². The minimum absolute atomic E-state index is 1.53. The third-order valence-electron chi connectivity index (χ3n) is 0.659. The summed E-state index contributed by atoms with van der Waals surface area (Å²) in [7, 11) is 0. The minimum atomic E-state index is -4.72. The van der Waals surface area contributed by atoms with Crippen LogP contribution in [0.25, 0.3) is 0 Å². The molecule has 0 radical (unpaired) electrons. The molecule has 0 atom stereocenters. The van der Waals surface area contributed by atoms with Crippen LogP contribution in [0.4, 0.5) is 13.2 Å². The summed E-state index contributed by atoms with van der Waals surface area (Å²) in [5, 5.41) is 0. The van der Waals surface area contributed by atoms with Gasteiger partial charge in [0.2, 0.25) is 0 Å². The molecule has 0 aromatic heterocycles. The van der Waals surface area contributed by atoms with Crippen molar-refractivity contribution in [1.29, 1.82) is 0 Å². The highest BCUT2D eigenvalue weighted by Gasteiger charge is 2.37. The van der Waals surface area contributed by atoms with E-state index in [-0.39, 0.29) is 0 Å². The Morgan fingerprint density at radius 2 is 1.90 bits per heavy atom. The minimum Gasteiger partial charge on any atom is -0.380 e. The third-order valence-corrected chi connectivity index (χ3v) is 0.953. The topological polar surface area (TPSA) is 26.3 Å². The van der Waals surface area contributed by atoms with Crippen LogP contribution < -0.4 is 0 Å². The van der Waals surface area contributed by atoms with Gasteiger partial charge >= 0.3 is 12.1 Å². The van der Waals surface area contributed by atoms with E-state index >= 15 is 0 Å². The van der Waals surface area contributed by atoms with E-state index < -0.39 is 17.7 Å². The van der Waals surface area contributed by atoms with Crippen molar-refractivity contribution in [3.8, 4) is 0 Å². The van der Waals surface area contributed by atoms with Gasteiger partial charge in [-0.25, -0.2) is 4.79 Å². The number of halogens is 4. The van der Waals surface area contributed by atoms with E-state index in [4.69, 9.17) is 0 Å². The van der Waals surface area contributed by atoms with Crippen molar-refractivity contribution in [3.05, 3.63) is 12.2 Å². The number of rotatable bonds is 1. The van der Waals surface area contributed by atoms with Crippen molar-refractivity contribution in [3.63, 3.8) is 0 Å². The summed E-state index contributed by atoms with van der Waals surface area (Å²) in [4.78, 5) is 10.1. The summed E-state index contributed by atoms with van der Waals surface area (Å²) in [6, 6.07) is 0. The van der Waals surface area contributed by atoms with E-state index in [1.165, 1.54) is 0 Å². The number of carbonyl (C=O) groups excluding carboxylic acids is 1. The highest BCUT2D eigenvalue weighted by Crippen LogP contribution is 2.25. The van der Waals surface area contributed by atoms with E-state index in [0.29, 0.717) is 0 Å². The maximum atomic E-state index is 11.5. The van der Waals surface area contributed by atoms with Gasteiger partial charge in [0, 0.05) is 0 Å². The molecule has 0 aliphatic rings. The first-order valence-corrected chi connectivity index (χ1v) is 2.63. The molecule has 0 fully saturated rings. The molecular formula is C4H2BrF3O2. The standard InChI is InChI=1S/C4H2BrF3O2/c1-2(3(9)10-5)4(6,7)8/h1H2. The highest BCUT2D eigenvalue weighted by molar-refractivity contribution is 9.06. The first-order chi connectivity index (χ1) is 4.39. The Hall–Kier alpha value is -0.520. The van der Waals surface area contributed by atoms with Crippen molar-refractivity contribution in [2.75, 3.05) is 0 Å². The zero-order valence-electron chi connectivity index (χ0n) is 4.54. The smallest absolute Gasteiger partial charge is 0.380 e. The van der Waals surface area contributed by atoms with Crippen LogP contribution in [0.1, 0.15) is 0 Å². The van der Waals surface area contributed by atoms with Crippen molar-refractivity contribution < 1.29 is 21.8 Å². The van der Waals surface area contributed by atoms with Gasteiger partial charge in [-0.2, -0.15) is 13.2 Å². The molecule has 58 valence electrons. The molecule has 2 nitrogen and oxygen atoms in total. The molecule has 0 saturated carbocycles. The molecule has 0 aromatic rings. The predicted octanol–water partition coefficient (Wildman–Crippen LogP) is 1.96. The Morgan fingerprint density at radius 1 is 1.50 bits per heavy atom. The van der Waals surface area contributed by atoms with Gasteiger partial charge in [0.1, 0.15) is 5.57 Å². The average molecular weight is 219 g/mol. The Balaban J connectivity index is 4.24. The summed E-state index contributed by atoms with van der Waals surface area (Å²) < 4.78 is 38.0. The van der Waals surface area contributed by atoms with Gasteiger partial charge in [-0.1, -0.05) is 6.58 Å². The van der Waals surface area contributed by atoms with Crippen molar-refractivity contribution in [2.24, 2.45) is 0 Å². The van der Waals surface area contributed by atoms with Crippen LogP contribution in [0.15, 0.2) is 12.2 Å². The van der Waals surface area contributed by atoms with Gasteiger partial charge in [-0.05, 0) is 0 Å². The van der Waals surface area contributed by atoms with Gasteiger partial charge in [0.05, 0.1) is 0 Å². The molecule has 0 N–H and O–H groups in total. The summed E-state index contributed by atoms with van der Waals surface area (Å²) in [5.41, 5.74) is -1.54. The molecule has 10 heavy (non-hydrogen) atoms. The zero-order chi connectivity index (χ0) is 8.36. The Labute approximate surface area is 63.1 Å². The number of hydrogen-bond donors (Lipinski definition) is 0. The van der Waals surface area contributed by atoms with E-state index in [2.05, 4.69) is 26.7 Å². The highest BCUT2D eigenvalue weighted by atomic mass is 79.9. The maximum absolute atomic E-state index is 11.5. The first kappa shape index (κ1) is 9.48. The van der Waals surface area contributed by atoms with Crippen LogP contribution in [-0.4, -0.2) is 12.1 Å². The second-order valence-electron chi connectivity index (χ2n) is 1.34. The molecule has 0 aliphatic carbocycles. The summed E-state index contributed by atoms with van der Waals surface area (Å²) in [6.07, 6.45) is -4.72. The number of alkyl halides is 3. The molecule has 0 rings (SSSR count). The van der Waals surface area contributed by atoms with Crippen molar-refractivity contribution >= 4 is 22.2 Å². The normalized spacial score (nSPS) is 10.8. The lowest BCUT2D eigenvalue weighted by atomic mass is 10.3. The Bertz CT molecular complexity index is 162. The van der Waals surface area contributed by atoms with E-state index in [1.807, 2.05) is 0 Å². The van der Waals surface area contributed by atoms with Crippen LogP contribution in [-0.2, 0) is 8.62 Å².